The number of ketones is 1. The molecule has 0 aromatic heterocycles. The molecule has 1 fully saturated rings. The minimum Gasteiger partial charge on any atom is -0.504 e. The van der Waals surface area contributed by atoms with Gasteiger partial charge in [0.05, 0.1) is 5.56 Å². The van der Waals surface area contributed by atoms with Crippen LogP contribution >= 0.6 is 0 Å². The third-order valence-electron chi connectivity index (χ3n) is 3.20. The summed E-state index contributed by atoms with van der Waals surface area (Å²) in [5.41, 5.74) is 0.0662. The number of aromatic hydroxyl groups is 2. The molecule has 1 unspecified atom stereocenters. The summed E-state index contributed by atoms with van der Waals surface area (Å²) in [7, 11) is 0. The number of rotatable bonds is 1. The van der Waals surface area contributed by atoms with E-state index in [-0.39, 0.29) is 28.9 Å². The fraction of sp³-hybridized carbons (Fsp3) is 0.385. The molecule has 1 aromatic rings. The van der Waals surface area contributed by atoms with Crippen molar-refractivity contribution in [2.24, 2.45) is 5.92 Å². The van der Waals surface area contributed by atoms with Gasteiger partial charge in [-0.15, -0.1) is 0 Å². The molecule has 2 N–H and O–H groups in total. The van der Waals surface area contributed by atoms with E-state index in [1.165, 1.54) is 23.1 Å². The van der Waals surface area contributed by atoms with Crippen molar-refractivity contribution in [1.82, 2.24) is 4.90 Å². The van der Waals surface area contributed by atoms with Crippen LogP contribution in [0, 0.1) is 5.92 Å². The molecule has 0 bridgehead atoms. The molecule has 1 atom stereocenters. The number of nitrogens with zero attached hydrogens (tertiary/aromatic N) is 1. The van der Waals surface area contributed by atoms with Gasteiger partial charge in [-0.3, -0.25) is 9.59 Å². The minimum atomic E-state index is -0.410. The van der Waals surface area contributed by atoms with Crippen LogP contribution in [0.15, 0.2) is 18.2 Å². The summed E-state index contributed by atoms with van der Waals surface area (Å²) in [6.07, 6.45) is 0.340. The summed E-state index contributed by atoms with van der Waals surface area (Å²) in [4.78, 5) is 25.1. The number of carbonyl (C=O) groups excluding carboxylic acids is 2. The van der Waals surface area contributed by atoms with Gasteiger partial charge >= 0.3 is 0 Å². The predicted molar refractivity (Wildman–Crippen MR) is 64.5 cm³/mol. The van der Waals surface area contributed by atoms with E-state index in [9.17, 15) is 19.8 Å². The Kier molecular flexibility index (Phi) is 3.23. The third kappa shape index (κ3) is 2.16. The van der Waals surface area contributed by atoms with Crippen LogP contribution in [0.3, 0.4) is 0 Å². The summed E-state index contributed by atoms with van der Waals surface area (Å²) >= 11 is 0. The lowest BCUT2D eigenvalue weighted by Crippen LogP contribution is -2.43. The van der Waals surface area contributed by atoms with Crippen molar-refractivity contribution in [3.05, 3.63) is 23.8 Å². The van der Waals surface area contributed by atoms with Gasteiger partial charge in [0.1, 0.15) is 5.78 Å². The quantitative estimate of drug-likeness (QED) is 0.732. The number of phenols is 2. The molecule has 1 aliphatic rings. The van der Waals surface area contributed by atoms with Crippen LogP contribution in [-0.2, 0) is 4.79 Å². The molecule has 1 amide bonds. The zero-order valence-electron chi connectivity index (χ0n) is 10.1. The van der Waals surface area contributed by atoms with Gasteiger partial charge in [0.15, 0.2) is 11.5 Å². The van der Waals surface area contributed by atoms with Crippen LogP contribution in [0.5, 0.6) is 11.5 Å². The van der Waals surface area contributed by atoms with Crippen LogP contribution in [0.1, 0.15) is 23.7 Å². The summed E-state index contributed by atoms with van der Waals surface area (Å²) in [6.45, 7) is 2.49. The van der Waals surface area contributed by atoms with Gasteiger partial charge in [0, 0.05) is 25.4 Å². The monoisotopic (exact) mass is 249 g/mol. The Morgan fingerprint density at radius 3 is 2.78 bits per heavy atom. The lowest BCUT2D eigenvalue weighted by Gasteiger charge is -2.30. The number of benzene rings is 1. The predicted octanol–water partition coefficient (Wildman–Crippen LogP) is 1.15. The summed E-state index contributed by atoms with van der Waals surface area (Å²) < 4.78 is 0. The van der Waals surface area contributed by atoms with Crippen molar-refractivity contribution in [1.29, 1.82) is 0 Å². The maximum atomic E-state index is 12.2. The number of carbonyl (C=O) groups is 2. The van der Waals surface area contributed by atoms with Crippen molar-refractivity contribution < 1.29 is 19.8 Å². The Morgan fingerprint density at radius 2 is 2.11 bits per heavy atom. The van der Waals surface area contributed by atoms with Crippen LogP contribution in [0.2, 0.25) is 0 Å². The van der Waals surface area contributed by atoms with Gasteiger partial charge in [-0.25, -0.2) is 0 Å². The number of para-hydroxylation sites is 1. The van der Waals surface area contributed by atoms with E-state index in [4.69, 9.17) is 0 Å². The van der Waals surface area contributed by atoms with E-state index < -0.39 is 5.75 Å². The summed E-state index contributed by atoms with van der Waals surface area (Å²) in [6, 6.07) is 4.27. The van der Waals surface area contributed by atoms with Crippen molar-refractivity contribution in [3.8, 4) is 11.5 Å². The van der Waals surface area contributed by atoms with Crippen molar-refractivity contribution >= 4 is 11.7 Å². The largest absolute Gasteiger partial charge is 0.504 e. The Labute approximate surface area is 105 Å². The van der Waals surface area contributed by atoms with E-state index in [0.29, 0.717) is 19.5 Å². The first kappa shape index (κ1) is 12.4. The SMILES string of the molecule is CC1CN(C(=O)c2cccc(O)c2O)CCC1=O. The van der Waals surface area contributed by atoms with E-state index in [1.807, 2.05) is 0 Å². The standard InChI is InChI=1S/C13H15NO4/c1-8-7-14(6-5-10(8)15)13(18)9-3-2-4-11(16)12(9)17/h2-4,8,16-17H,5-7H2,1H3. The molecule has 96 valence electrons. The molecule has 1 heterocycles. The number of phenolic OH excluding ortho intramolecular Hbond substituents is 2. The highest BCUT2D eigenvalue weighted by molar-refractivity contribution is 5.98. The fourth-order valence-electron chi connectivity index (χ4n) is 2.07. The van der Waals surface area contributed by atoms with E-state index in [2.05, 4.69) is 0 Å². The summed E-state index contributed by atoms with van der Waals surface area (Å²) in [5, 5.41) is 19.0. The molecule has 0 saturated carbocycles. The first-order valence-electron chi connectivity index (χ1n) is 5.83. The van der Waals surface area contributed by atoms with Crippen LogP contribution in [0.25, 0.3) is 0 Å². The molecule has 0 radical (unpaired) electrons. The Morgan fingerprint density at radius 1 is 1.39 bits per heavy atom. The van der Waals surface area contributed by atoms with Crippen LogP contribution < -0.4 is 0 Å². The minimum absolute atomic E-state index is 0.0662. The second-order valence-corrected chi connectivity index (χ2v) is 4.54. The van der Waals surface area contributed by atoms with Crippen molar-refractivity contribution in [2.75, 3.05) is 13.1 Å². The average Bonchev–Trinajstić information content (AvgIpc) is 2.35. The topological polar surface area (TPSA) is 77.8 Å². The maximum Gasteiger partial charge on any atom is 0.257 e. The second kappa shape index (κ2) is 4.68. The average molecular weight is 249 g/mol. The fourth-order valence-corrected chi connectivity index (χ4v) is 2.07. The lowest BCUT2D eigenvalue weighted by atomic mass is 9.98. The zero-order valence-corrected chi connectivity index (χ0v) is 10.1. The molecule has 5 nitrogen and oxygen atoms in total. The molecule has 1 aliphatic heterocycles. The molecule has 18 heavy (non-hydrogen) atoms. The molecule has 0 aliphatic carbocycles. The summed E-state index contributed by atoms with van der Waals surface area (Å²) in [5.74, 6) is -1.11. The highest BCUT2D eigenvalue weighted by atomic mass is 16.3. The molecule has 0 spiro atoms. The van der Waals surface area contributed by atoms with Crippen molar-refractivity contribution in [2.45, 2.75) is 13.3 Å². The molecular formula is C13H15NO4. The molecule has 1 saturated heterocycles. The number of hydrogen-bond donors (Lipinski definition) is 2. The van der Waals surface area contributed by atoms with Crippen LogP contribution in [0.4, 0.5) is 0 Å². The van der Waals surface area contributed by atoms with Gasteiger partial charge in [-0.2, -0.15) is 0 Å². The van der Waals surface area contributed by atoms with Gasteiger partial charge in [-0.05, 0) is 12.1 Å². The molecule has 1 aromatic carbocycles. The van der Waals surface area contributed by atoms with Gasteiger partial charge in [0.25, 0.3) is 5.91 Å². The highest BCUT2D eigenvalue weighted by Crippen LogP contribution is 2.29. The van der Waals surface area contributed by atoms with Crippen LogP contribution in [-0.4, -0.2) is 39.9 Å². The van der Waals surface area contributed by atoms with Gasteiger partial charge < -0.3 is 15.1 Å². The molecular weight excluding hydrogens is 234 g/mol. The zero-order chi connectivity index (χ0) is 13.3. The smallest absolute Gasteiger partial charge is 0.257 e. The maximum absolute atomic E-state index is 12.2. The number of hydrogen-bond acceptors (Lipinski definition) is 4. The lowest BCUT2D eigenvalue weighted by molar-refractivity contribution is -0.124. The molecule has 5 heteroatoms. The van der Waals surface area contributed by atoms with E-state index in [0.717, 1.165) is 0 Å². The first-order chi connectivity index (χ1) is 8.50. The normalized spacial score (nSPS) is 19.9. The van der Waals surface area contributed by atoms with Gasteiger partial charge in [0.2, 0.25) is 0 Å². The number of likely N-dealkylation sites (tertiary alicyclic amines) is 1. The van der Waals surface area contributed by atoms with Crippen molar-refractivity contribution in [3.63, 3.8) is 0 Å². The van der Waals surface area contributed by atoms with E-state index in [1.54, 1.807) is 6.92 Å². The Bertz CT molecular complexity index is 498. The number of piperidine rings is 1. The Hall–Kier alpha value is -2.04. The van der Waals surface area contributed by atoms with E-state index >= 15 is 0 Å². The second-order valence-electron chi connectivity index (χ2n) is 4.54. The third-order valence-corrected chi connectivity index (χ3v) is 3.20. The van der Waals surface area contributed by atoms with Gasteiger partial charge in [-0.1, -0.05) is 13.0 Å². The Balaban J connectivity index is 2.22. The highest BCUT2D eigenvalue weighted by Gasteiger charge is 2.28. The number of amides is 1. The molecule has 2 rings (SSSR count). The first-order valence-corrected chi connectivity index (χ1v) is 5.83. The number of Topliss-reactive ketones (excluding diaryl/α,β-unsaturated/α-hetero) is 1.